The average Bonchev–Trinajstić information content (AvgIpc) is 2.03. The van der Waals surface area contributed by atoms with Crippen LogP contribution in [0.3, 0.4) is 0 Å². The number of rotatable bonds is 6. The second-order valence-corrected chi connectivity index (χ2v) is 3.05. The van der Waals surface area contributed by atoms with Crippen molar-refractivity contribution in [2.75, 3.05) is 13.6 Å². The van der Waals surface area contributed by atoms with Crippen LogP contribution in [-0.2, 0) is 0 Å². The van der Waals surface area contributed by atoms with Crippen molar-refractivity contribution < 1.29 is 0 Å². The molecular formula is C10H21N. The maximum atomic E-state index is 3.98. The Labute approximate surface area is 71.1 Å². The Morgan fingerprint density at radius 3 is 2.36 bits per heavy atom. The zero-order valence-corrected chi connectivity index (χ0v) is 8.19. The molecule has 0 bridgehead atoms. The number of unbranched alkanes of at least 4 members (excludes halogenated alkanes) is 2. The minimum absolute atomic E-state index is 1.07. The average molecular weight is 155 g/mol. The van der Waals surface area contributed by atoms with Gasteiger partial charge in [0.15, 0.2) is 0 Å². The van der Waals surface area contributed by atoms with Crippen LogP contribution in [0.2, 0.25) is 0 Å². The lowest BCUT2D eigenvalue weighted by molar-refractivity contribution is 0.392. The first-order valence-corrected chi connectivity index (χ1v) is 4.61. The van der Waals surface area contributed by atoms with Crippen LogP contribution in [0.15, 0.2) is 12.3 Å². The summed E-state index contributed by atoms with van der Waals surface area (Å²) in [6, 6.07) is 0. The molecule has 0 aliphatic carbocycles. The molecule has 0 radical (unpaired) electrons. The van der Waals surface area contributed by atoms with Gasteiger partial charge in [0, 0.05) is 19.3 Å². The molecule has 1 heteroatoms. The molecular weight excluding hydrogens is 134 g/mol. The summed E-state index contributed by atoms with van der Waals surface area (Å²) in [6.45, 7) is 9.53. The van der Waals surface area contributed by atoms with Crippen molar-refractivity contribution in [3.8, 4) is 0 Å². The van der Waals surface area contributed by atoms with Gasteiger partial charge in [-0.05, 0) is 12.8 Å². The van der Waals surface area contributed by atoms with E-state index in [9.17, 15) is 0 Å². The van der Waals surface area contributed by atoms with Crippen molar-refractivity contribution in [3.05, 3.63) is 12.3 Å². The van der Waals surface area contributed by atoms with E-state index in [1.165, 1.54) is 31.5 Å². The number of hydrogen-bond donors (Lipinski definition) is 0. The van der Waals surface area contributed by atoms with E-state index in [0.29, 0.717) is 0 Å². The lowest BCUT2D eigenvalue weighted by Crippen LogP contribution is -2.17. The molecule has 0 saturated carbocycles. The van der Waals surface area contributed by atoms with E-state index in [2.05, 4.69) is 32.4 Å². The van der Waals surface area contributed by atoms with Gasteiger partial charge in [-0.2, -0.15) is 0 Å². The van der Waals surface area contributed by atoms with Crippen LogP contribution < -0.4 is 0 Å². The quantitative estimate of drug-likeness (QED) is 0.533. The van der Waals surface area contributed by atoms with Gasteiger partial charge in [-0.3, -0.25) is 0 Å². The standard InChI is InChI=1S/C10H21N/c1-5-7-8-9-11(4)10(3)6-2/h3,5-9H2,1-2,4H3. The van der Waals surface area contributed by atoms with Crippen LogP contribution in [0, 0.1) is 0 Å². The molecule has 0 fully saturated rings. The number of hydrogen-bond acceptors (Lipinski definition) is 1. The molecule has 11 heavy (non-hydrogen) atoms. The predicted molar refractivity (Wildman–Crippen MR) is 51.6 cm³/mol. The summed E-state index contributed by atoms with van der Waals surface area (Å²) in [4.78, 5) is 2.26. The molecule has 0 aliphatic heterocycles. The molecule has 0 N–H and O–H groups in total. The van der Waals surface area contributed by atoms with E-state index in [1.807, 2.05) is 0 Å². The molecule has 0 spiro atoms. The summed E-state index contributed by atoms with van der Waals surface area (Å²) >= 11 is 0. The molecule has 0 unspecified atom stereocenters. The smallest absolute Gasteiger partial charge is 0.0171 e. The molecule has 0 saturated heterocycles. The Kier molecular flexibility index (Phi) is 6.00. The van der Waals surface area contributed by atoms with E-state index >= 15 is 0 Å². The van der Waals surface area contributed by atoms with Crippen molar-refractivity contribution in [1.82, 2.24) is 4.90 Å². The van der Waals surface area contributed by atoms with E-state index in [1.54, 1.807) is 0 Å². The van der Waals surface area contributed by atoms with Crippen molar-refractivity contribution in [2.45, 2.75) is 39.5 Å². The van der Waals surface area contributed by atoms with Crippen molar-refractivity contribution in [1.29, 1.82) is 0 Å². The molecule has 0 aromatic rings. The second kappa shape index (κ2) is 6.26. The predicted octanol–water partition coefficient (Wildman–Crippen LogP) is 3.03. The van der Waals surface area contributed by atoms with Crippen LogP contribution in [0.25, 0.3) is 0 Å². The first-order chi connectivity index (χ1) is 5.22. The van der Waals surface area contributed by atoms with Crippen molar-refractivity contribution in [2.24, 2.45) is 0 Å². The molecule has 0 amide bonds. The summed E-state index contributed by atoms with van der Waals surface area (Å²) in [5.41, 5.74) is 1.25. The van der Waals surface area contributed by atoms with Gasteiger partial charge in [0.05, 0.1) is 0 Å². The Bertz CT molecular complexity index is 107. The summed E-state index contributed by atoms with van der Waals surface area (Å²) < 4.78 is 0. The minimum atomic E-state index is 1.07. The maximum Gasteiger partial charge on any atom is 0.0171 e. The molecule has 0 heterocycles. The lowest BCUT2D eigenvalue weighted by atomic mass is 10.2. The molecule has 0 atom stereocenters. The van der Waals surface area contributed by atoms with Crippen LogP contribution in [0.4, 0.5) is 0 Å². The van der Waals surface area contributed by atoms with Gasteiger partial charge >= 0.3 is 0 Å². The highest BCUT2D eigenvalue weighted by Crippen LogP contribution is 2.05. The van der Waals surface area contributed by atoms with E-state index in [-0.39, 0.29) is 0 Å². The fourth-order valence-electron chi connectivity index (χ4n) is 1.03. The van der Waals surface area contributed by atoms with Crippen molar-refractivity contribution >= 4 is 0 Å². The third-order valence-corrected chi connectivity index (χ3v) is 2.05. The van der Waals surface area contributed by atoms with Crippen LogP contribution in [-0.4, -0.2) is 18.5 Å². The fourth-order valence-corrected chi connectivity index (χ4v) is 1.03. The molecule has 0 rings (SSSR count). The first kappa shape index (κ1) is 10.5. The molecule has 0 aliphatic rings. The summed E-state index contributed by atoms with van der Waals surface area (Å²) in [7, 11) is 2.13. The highest BCUT2D eigenvalue weighted by molar-refractivity contribution is 4.90. The van der Waals surface area contributed by atoms with Gasteiger partial charge in [-0.1, -0.05) is 33.3 Å². The summed E-state index contributed by atoms with van der Waals surface area (Å²) in [5, 5.41) is 0. The second-order valence-electron chi connectivity index (χ2n) is 3.05. The van der Waals surface area contributed by atoms with Gasteiger partial charge < -0.3 is 4.90 Å². The third kappa shape index (κ3) is 4.88. The number of nitrogens with zero attached hydrogens (tertiary/aromatic N) is 1. The largest absolute Gasteiger partial charge is 0.378 e. The van der Waals surface area contributed by atoms with Crippen LogP contribution in [0.1, 0.15) is 39.5 Å². The minimum Gasteiger partial charge on any atom is -0.378 e. The lowest BCUT2D eigenvalue weighted by Gasteiger charge is -2.20. The molecule has 0 aromatic carbocycles. The number of allylic oxidation sites excluding steroid dienone is 1. The van der Waals surface area contributed by atoms with Crippen LogP contribution >= 0.6 is 0 Å². The molecule has 1 nitrogen and oxygen atoms in total. The molecule has 0 aromatic heterocycles. The Balaban J connectivity index is 3.36. The van der Waals surface area contributed by atoms with Gasteiger partial charge in [0.2, 0.25) is 0 Å². The highest BCUT2D eigenvalue weighted by atomic mass is 15.1. The summed E-state index contributed by atoms with van der Waals surface area (Å²) in [6.07, 6.45) is 5.00. The van der Waals surface area contributed by atoms with E-state index in [0.717, 1.165) is 6.42 Å². The van der Waals surface area contributed by atoms with Gasteiger partial charge in [0.1, 0.15) is 0 Å². The van der Waals surface area contributed by atoms with Gasteiger partial charge in [-0.25, -0.2) is 0 Å². The van der Waals surface area contributed by atoms with Gasteiger partial charge in [0.25, 0.3) is 0 Å². The van der Waals surface area contributed by atoms with E-state index < -0.39 is 0 Å². The van der Waals surface area contributed by atoms with Crippen LogP contribution in [0.5, 0.6) is 0 Å². The fraction of sp³-hybridized carbons (Fsp3) is 0.800. The first-order valence-electron chi connectivity index (χ1n) is 4.61. The summed E-state index contributed by atoms with van der Waals surface area (Å²) in [5.74, 6) is 0. The maximum absolute atomic E-state index is 3.98. The topological polar surface area (TPSA) is 3.24 Å². The Morgan fingerprint density at radius 1 is 1.27 bits per heavy atom. The van der Waals surface area contributed by atoms with E-state index in [4.69, 9.17) is 0 Å². The third-order valence-electron chi connectivity index (χ3n) is 2.05. The van der Waals surface area contributed by atoms with Crippen molar-refractivity contribution in [3.63, 3.8) is 0 Å². The SMILES string of the molecule is C=C(CC)N(C)CCCCC. The Morgan fingerprint density at radius 2 is 1.91 bits per heavy atom. The highest BCUT2D eigenvalue weighted by Gasteiger charge is 1.97. The zero-order chi connectivity index (χ0) is 8.69. The Hall–Kier alpha value is -0.460. The monoisotopic (exact) mass is 155 g/mol. The normalized spacial score (nSPS) is 9.73. The zero-order valence-electron chi connectivity index (χ0n) is 8.19. The van der Waals surface area contributed by atoms with Gasteiger partial charge in [-0.15, -0.1) is 0 Å². The molecule has 66 valence electrons.